The predicted molar refractivity (Wildman–Crippen MR) is 115 cm³/mol. The van der Waals surface area contributed by atoms with E-state index in [2.05, 4.69) is 9.68 Å². The molecule has 1 aromatic heterocycles. The summed E-state index contributed by atoms with van der Waals surface area (Å²) in [6, 6.07) is 6.90. The molecule has 0 amide bonds. The SMILES string of the molecule is Cn1c(=NOCc2ccc(F)cc2)ccn([C@@H]2O[C@H](COP(=O)(O)CP(=O)(O)O)[C@@H](O)[C@H]2O)c1=O. The molecule has 1 unspecified atom stereocenters. The van der Waals surface area contributed by atoms with Gasteiger partial charge >= 0.3 is 20.9 Å². The van der Waals surface area contributed by atoms with Gasteiger partial charge in [0.1, 0.15) is 30.7 Å². The number of aliphatic hydroxyl groups is 2. The summed E-state index contributed by atoms with van der Waals surface area (Å²) in [7, 11) is -8.21. The minimum absolute atomic E-state index is 0.0123. The number of aromatic nitrogens is 2. The molecule has 2 heterocycles. The van der Waals surface area contributed by atoms with Crippen molar-refractivity contribution in [2.45, 2.75) is 31.1 Å². The lowest BCUT2D eigenvalue weighted by atomic mass is 10.1. The van der Waals surface area contributed by atoms with Gasteiger partial charge in [0.2, 0.25) is 0 Å². The lowest BCUT2D eigenvalue weighted by Crippen LogP contribution is -2.42. The first-order chi connectivity index (χ1) is 16.3. The van der Waals surface area contributed by atoms with Crippen molar-refractivity contribution in [1.82, 2.24) is 9.13 Å². The van der Waals surface area contributed by atoms with E-state index in [0.29, 0.717) is 5.56 Å². The summed E-state index contributed by atoms with van der Waals surface area (Å²) in [6.45, 7) is -0.771. The number of hydrogen-bond donors (Lipinski definition) is 5. The second-order valence-electron chi connectivity index (χ2n) is 7.70. The minimum Gasteiger partial charge on any atom is -0.389 e. The van der Waals surface area contributed by atoms with Gasteiger partial charge in [0.25, 0.3) is 0 Å². The minimum atomic E-state index is -4.85. The van der Waals surface area contributed by atoms with E-state index in [9.17, 15) is 33.4 Å². The molecule has 1 aliphatic heterocycles. The molecule has 0 bridgehead atoms. The fourth-order valence-electron chi connectivity index (χ4n) is 3.19. The summed E-state index contributed by atoms with van der Waals surface area (Å²) in [5, 5.41) is 24.4. The van der Waals surface area contributed by atoms with Gasteiger partial charge in [-0.25, -0.2) is 9.18 Å². The quantitative estimate of drug-likeness (QED) is 0.199. The van der Waals surface area contributed by atoms with E-state index in [-0.39, 0.29) is 12.1 Å². The van der Waals surface area contributed by atoms with E-state index in [1.807, 2.05) is 0 Å². The number of halogens is 1. The molecule has 3 rings (SSSR count). The molecule has 2 aromatic rings. The first-order valence-corrected chi connectivity index (χ1v) is 13.5. The molecule has 5 atom stereocenters. The highest BCUT2D eigenvalue weighted by Crippen LogP contribution is 2.55. The monoisotopic (exact) mass is 539 g/mol. The van der Waals surface area contributed by atoms with Crippen LogP contribution in [0.15, 0.2) is 46.5 Å². The van der Waals surface area contributed by atoms with Crippen LogP contribution >= 0.6 is 15.2 Å². The Morgan fingerprint density at radius 3 is 2.40 bits per heavy atom. The Morgan fingerprint density at radius 2 is 1.77 bits per heavy atom. The highest BCUT2D eigenvalue weighted by Gasteiger charge is 2.45. The maximum absolute atomic E-state index is 13.0. The van der Waals surface area contributed by atoms with Crippen molar-refractivity contribution in [3.63, 3.8) is 0 Å². The van der Waals surface area contributed by atoms with Crippen LogP contribution in [0, 0.1) is 5.82 Å². The lowest BCUT2D eigenvalue weighted by Gasteiger charge is -2.19. The molecule has 14 nitrogen and oxygen atoms in total. The maximum atomic E-state index is 13.0. The van der Waals surface area contributed by atoms with Crippen molar-refractivity contribution in [2.75, 3.05) is 12.5 Å². The third kappa shape index (κ3) is 7.17. The van der Waals surface area contributed by atoms with Crippen LogP contribution in [0.25, 0.3) is 0 Å². The molecule has 1 saturated heterocycles. The molecular formula is C18H24FN3O11P2. The molecule has 194 valence electrons. The average Bonchev–Trinajstić information content (AvgIpc) is 3.03. The average molecular weight is 539 g/mol. The van der Waals surface area contributed by atoms with E-state index in [1.54, 1.807) is 0 Å². The summed E-state index contributed by atoms with van der Waals surface area (Å²) in [4.78, 5) is 45.2. The first-order valence-electron chi connectivity index (χ1n) is 9.98. The molecule has 0 spiro atoms. The molecular weight excluding hydrogens is 515 g/mol. The highest BCUT2D eigenvalue weighted by atomic mass is 31.2. The maximum Gasteiger partial charge on any atom is 0.340 e. The van der Waals surface area contributed by atoms with Crippen molar-refractivity contribution < 1.29 is 52.5 Å². The van der Waals surface area contributed by atoms with Gasteiger partial charge in [0, 0.05) is 19.3 Å². The van der Waals surface area contributed by atoms with Crippen molar-refractivity contribution >= 4 is 15.2 Å². The topological polar surface area (TPSA) is 202 Å². The van der Waals surface area contributed by atoms with E-state index in [0.717, 1.165) is 9.13 Å². The summed E-state index contributed by atoms with van der Waals surface area (Å²) in [5.74, 6) is -1.83. The van der Waals surface area contributed by atoms with Crippen molar-refractivity contribution in [1.29, 1.82) is 0 Å². The van der Waals surface area contributed by atoms with Gasteiger partial charge in [-0.1, -0.05) is 17.3 Å². The number of benzene rings is 1. The Balaban J connectivity index is 1.70. The van der Waals surface area contributed by atoms with Crippen molar-refractivity contribution in [3.8, 4) is 0 Å². The number of rotatable bonds is 9. The van der Waals surface area contributed by atoms with Crippen LogP contribution < -0.4 is 11.2 Å². The molecule has 0 saturated carbocycles. The van der Waals surface area contributed by atoms with Crippen molar-refractivity contribution in [3.05, 3.63) is 63.9 Å². The van der Waals surface area contributed by atoms with E-state index in [4.69, 9.17) is 19.4 Å². The molecule has 0 aliphatic carbocycles. The molecule has 1 aliphatic rings. The molecule has 1 aromatic carbocycles. The van der Waals surface area contributed by atoms with Gasteiger partial charge in [-0.3, -0.25) is 18.3 Å². The smallest absolute Gasteiger partial charge is 0.340 e. The number of aliphatic hydroxyl groups excluding tert-OH is 2. The molecule has 35 heavy (non-hydrogen) atoms. The lowest BCUT2D eigenvalue weighted by molar-refractivity contribution is -0.0530. The molecule has 5 N–H and O–H groups in total. The zero-order chi connectivity index (χ0) is 26.0. The second kappa shape index (κ2) is 10.8. The van der Waals surface area contributed by atoms with E-state index in [1.165, 1.54) is 43.6 Å². The van der Waals surface area contributed by atoms with Crippen molar-refractivity contribution in [2.24, 2.45) is 12.2 Å². The highest BCUT2D eigenvalue weighted by molar-refractivity contribution is 7.70. The Kier molecular flexibility index (Phi) is 8.48. The normalized spacial score (nSPS) is 24.9. The predicted octanol–water partition coefficient (Wildman–Crippen LogP) is -0.685. The standard InChI is InChI=1S/C18H24FN3O11P2/c1-21-14(20-31-8-11-2-4-12(19)5-3-11)6-7-22(18(21)25)17-16(24)15(23)13(33-17)9-32-35(29,30)10-34(26,27)28/h2-7,13,15-17,23-24H,8-10H2,1H3,(H,29,30)(H2,26,27,28)/t13-,15-,16-,17-/m1/s1. The zero-order valence-corrected chi connectivity index (χ0v) is 20.0. The third-order valence-corrected chi connectivity index (χ3v) is 8.41. The Bertz CT molecular complexity index is 1260. The van der Waals surface area contributed by atoms with Gasteiger partial charge in [0.15, 0.2) is 17.6 Å². The van der Waals surface area contributed by atoms with Crippen LogP contribution in [0.2, 0.25) is 0 Å². The van der Waals surface area contributed by atoms with Gasteiger partial charge in [-0.2, -0.15) is 0 Å². The van der Waals surface area contributed by atoms with Crippen LogP contribution in [-0.2, 0) is 36.9 Å². The van der Waals surface area contributed by atoms with Gasteiger partial charge in [-0.15, -0.1) is 0 Å². The van der Waals surface area contributed by atoms with Crippen LogP contribution in [0.1, 0.15) is 11.8 Å². The first kappa shape index (κ1) is 27.4. The second-order valence-corrected chi connectivity index (χ2v) is 11.7. The molecule has 17 heteroatoms. The fourth-order valence-corrected chi connectivity index (χ4v) is 5.76. The Hall–Kier alpha value is -2.19. The van der Waals surface area contributed by atoms with E-state index >= 15 is 0 Å². The number of hydrogen-bond acceptors (Lipinski definition) is 9. The number of ether oxygens (including phenoxy) is 1. The Labute approximate surface area is 197 Å². The Morgan fingerprint density at radius 1 is 1.11 bits per heavy atom. The van der Waals surface area contributed by atoms with Gasteiger partial charge < -0.3 is 39.0 Å². The summed E-state index contributed by atoms with van der Waals surface area (Å²) >= 11 is 0. The largest absolute Gasteiger partial charge is 0.389 e. The summed E-state index contributed by atoms with van der Waals surface area (Å²) in [6.07, 6.45) is -4.86. The zero-order valence-electron chi connectivity index (χ0n) is 18.2. The molecule has 0 radical (unpaired) electrons. The molecule has 1 fully saturated rings. The summed E-state index contributed by atoms with van der Waals surface area (Å²) in [5.41, 5.74) is 0.0211. The summed E-state index contributed by atoms with van der Waals surface area (Å²) < 4.78 is 47.8. The van der Waals surface area contributed by atoms with E-state index < -0.39 is 63.7 Å². The van der Waals surface area contributed by atoms with Crippen LogP contribution in [0.5, 0.6) is 0 Å². The van der Waals surface area contributed by atoms with Crippen LogP contribution in [0.3, 0.4) is 0 Å². The number of nitrogens with zero attached hydrogens (tertiary/aromatic N) is 3. The van der Waals surface area contributed by atoms with Crippen LogP contribution in [0.4, 0.5) is 4.39 Å². The van der Waals surface area contributed by atoms with Gasteiger partial charge in [-0.05, 0) is 17.7 Å². The third-order valence-electron chi connectivity index (χ3n) is 4.95. The van der Waals surface area contributed by atoms with Gasteiger partial charge in [0.05, 0.1) is 6.61 Å². The fraction of sp³-hybridized carbons (Fsp3) is 0.444. The van der Waals surface area contributed by atoms with Crippen LogP contribution in [-0.4, -0.2) is 64.8 Å².